The number of pyridine rings is 1. The van der Waals surface area contributed by atoms with Crippen molar-refractivity contribution in [3.8, 4) is 0 Å². The molecule has 104 valence electrons. The molecule has 2 rings (SSSR count). The average molecular weight is 271 g/mol. The third-order valence-electron chi connectivity index (χ3n) is 3.72. The second-order valence-corrected chi connectivity index (χ2v) is 5.21. The quantitative estimate of drug-likeness (QED) is 0.762. The fraction of sp³-hybridized carbons (Fsp3) is 0.571. The van der Waals surface area contributed by atoms with Crippen LogP contribution in [0.25, 0.3) is 0 Å². The zero-order chi connectivity index (χ0) is 14.0. The smallest absolute Gasteiger partial charge is 0.294 e. The first-order valence-electron chi connectivity index (χ1n) is 6.40. The minimum absolute atomic E-state index is 0.0547. The molecule has 0 radical (unpaired) electrons. The normalized spacial score (nSPS) is 24.2. The van der Waals surface area contributed by atoms with E-state index >= 15 is 0 Å². The molecule has 0 amide bonds. The van der Waals surface area contributed by atoms with Crippen molar-refractivity contribution in [3.05, 3.63) is 29.6 Å². The molecule has 0 atom stereocenters. The molecule has 19 heavy (non-hydrogen) atoms. The summed E-state index contributed by atoms with van der Waals surface area (Å²) < 4.78 is 37.7. The lowest BCUT2D eigenvalue weighted by Crippen LogP contribution is -2.30. The Balaban J connectivity index is 2.00. The summed E-state index contributed by atoms with van der Waals surface area (Å²) in [6, 6.07) is 1.74. The first-order valence-corrected chi connectivity index (χ1v) is 6.40. The average Bonchev–Trinajstić information content (AvgIpc) is 2.37. The number of ketones is 1. The van der Waals surface area contributed by atoms with Gasteiger partial charge in [0, 0.05) is 23.9 Å². The fourth-order valence-electron chi connectivity index (χ4n) is 2.61. The van der Waals surface area contributed by atoms with Gasteiger partial charge in [-0.1, -0.05) is 0 Å². The number of rotatable bonds is 2. The molecular formula is C14H16F3NO. The van der Waals surface area contributed by atoms with Crippen LogP contribution >= 0.6 is 0 Å². The minimum Gasteiger partial charge on any atom is -0.294 e. The number of alkyl halides is 3. The Kier molecular flexibility index (Phi) is 3.92. The number of nitrogens with zero attached hydrogens (tertiary/aromatic N) is 1. The van der Waals surface area contributed by atoms with Gasteiger partial charge in [0.2, 0.25) is 0 Å². The monoisotopic (exact) mass is 271 g/mol. The van der Waals surface area contributed by atoms with E-state index in [9.17, 15) is 18.0 Å². The van der Waals surface area contributed by atoms with Gasteiger partial charge in [0.15, 0.2) is 5.78 Å². The predicted molar refractivity (Wildman–Crippen MR) is 64.8 cm³/mol. The van der Waals surface area contributed by atoms with E-state index in [2.05, 4.69) is 4.98 Å². The zero-order valence-corrected chi connectivity index (χ0v) is 10.7. The van der Waals surface area contributed by atoms with Gasteiger partial charge >= 0.3 is 6.18 Å². The van der Waals surface area contributed by atoms with Crippen LogP contribution < -0.4 is 0 Å². The van der Waals surface area contributed by atoms with Gasteiger partial charge in [0.25, 0.3) is 0 Å². The molecule has 0 aromatic carbocycles. The van der Waals surface area contributed by atoms with Crippen LogP contribution in [-0.2, 0) is 0 Å². The lowest BCUT2D eigenvalue weighted by molar-refractivity contribution is -0.183. The van der Waals surface area contributed by atoms with Crippen molar-refractivity contribution in [2.75, 3.05) is 0 Å². The molecule has 1 fully saturated rings. The topological polar surface area (TPSA) is 30.0 Å². The Bertz CT molecular complexity index is 462. The van der Waals surface area contributed by atoms with Crippen molar-refractivity contribution in [3.63, 3.8) is 0 Å². The summed E-state index contributed by atoms with van der Waals surface area (Å²) in [4.78, 5) is 16.1. The number of carbonyl (C=O) groups is 1. The maximum absolute atomic E-state index is 12.6. The van der Waals surface area contributed by atoms with Gasteiger partial charge < -0.3 is 0 Å². The molecule has 0 bridgehead atoms. The van der Waals surface area contributed by atoms with Crippen LogP contribution in [0, 0.1) is 18.8 Å². The van der Waals surface area contributed by atoms with Crippen LogP contribution in [0.5, 0.6) is 0 Å². The van der Waals surface area contributed by atoms with Gasteiger partial charge in [0.1, 0.15) is 0 Å². The standard InChI is InChI=1S/C14H16F3NO/c1-9-6-11(8-18-7-9)13(19)10-2-4-12(5-3-10)14(15,16)17/h6-8,10,12H,2-5H2,1H3. The van der Waals surface area contributed by atoms with Crippen LogP contribution in [0.4, 0.5) is 13.2 Å². The number of aromatic nitrogens is 1. The molecule has 0 spiro atoms. The molecule has 5 heteroatoms. The number of hydrogen-bond acceptors (Lipinski definition) is 2. The number of Topliss-reactive ketones (excluding diaryl/α,β-unsaturated/α-hetero) is 1. The van der Waals surface area contributed by atoms with Crippen molar-refractivity contribution < 1.29 is 18.0 Å². The maximum atomic E-state index is 12.6. The van der Waals surface area contributed by atoms with Gasteiger partial charge in [-0.05, 0) is 44.2 Å². The second kappa shape index (κ2) is 5.31. The Morgan fingerprint density at radius 3 is 2.37 bits per heavy atom. The maximum Gasteiger partial charge on any atom is 0.391 e. The van der Waals surface area contributed by atoms with Crippen molar-refractivity contribution in [2.45, 2.75) is 38.8 Å². The molecule has 0 saturated heterocycles. The highest BCUT2D eigenvalue weighted by atomic mass is 19.4. The van der Waals surface area contributed by atoms with E-state index in [-0.39, 0.29) is 24.5 Å². The Hall–Kier alpha value is -1.39. The Labute approximate surface area is 110 Å². The highest BCUT2D eigenvalue weighted by Gasteiger charge is 2.42. The summed E-state index contributed by atoms with van der Waals surface area (Å²) in [6.45, 7) is 1.84. The molecule has 2 nitrogen and oxygen atoms in total. The lowest BCUT2D eigenvalue weighted by Gasteiger charge is -2.29. The van der Waals surface area contributed by atoms with E-state index in [1.807, 2.05) is 6.92 Å². The summed E-state index contributed by atoms with van der Waals surface area (Å²) >= 11 is 0. The van der Waals surface area contributed by atoms with Gasteiger partial charge in [-0.3, -0.25) is 9.78 Å². The largest absolute Gasteiger partial charge is 0.391 e. The van der Waals surface area contributed by atoms with Crippen LogP contribution in [0.3, 0.4) is 0 Å². The predicted octanol–water partition coefficient (Wildman–Crippen LogP) is 3.94. The van der Waals surface area contributed by atoms with E-state index in [0.717, 1.165) is 5.56 Å². The summed E-state index contributed by atoms with van der Waals surface area (Å²) in [7, 11) is 0. The van der Waals surface area contributed by atoms with Gasteiger partial charge in [-0.15, -0.1) is 0 Å². The van der Waals surface area contributed by atoms with E-state index in [4.69, 9.17) is 0 Å². The number of carbonyl (C=O) groups excluding carboxylic acids is 1. The molecule has 1 aromatic rings. The third kappa shape index (κ3) is 3.33. The summed E-state index contributed by atoms with van der Waals surface area (Å²) in [5, 5.41) is 0. The molecule has 1 aliphatic carbocycles. The van der Waals surface area contributed by atoms with E-state index < -0.39 is 12.1 Å². The Morgan fingerprint density at radius 2 is 1.84 bits per heavy atom. The fourth-order valence-corrected chi connectivity index (χ4v) is 2.61. The first-order chi connectivity index (χ1) is 8.88. The molecular weight excluding hydrogens is 255 g/mol. The first kappa shape index (κ1) is 14.0. The van der Waals surface area contributed by atoms with E-state index in [1.165, 1.54) is 6.20 Å². The van der Waals surface area contributed by atoms with Crippen molar-refractivity contribution >= 4 is 5.78 Å². The van der Waals surface area contributed by atoms with Crippen LogP contribution in [0.1, 0.15) is 41.6 Å². The molecule has 1 heterocycles. The Morgan fingerprint density at radius 1 is 1.21 bits per heavy atom. The summed E-state index contributed by atoms with van der Waals surface area (Å²) in [5.74, 6) is -1.61. The van der Waals surface area contributed by atoms with Crippen LogP contribution in [0.15, 0.2) is 18.5 Å². The third-order valence-corrected chi connectivity index (χ3v) is 3.72. The van der Waals surface area contributed by atoms with Gasteiger partial charge in [-0.2, -0.15) is 13.2 Å². The number of halogens is 3. The van der Waals surface area contributed by atoms with E-state index in [0.29, 0.717) is 18.4 Å². The molecule has 0 unspecified atom stereocenters. The van der Waals surface area contributed by atoms with Gasteiger partial charge in [-0.25, -0.2) is 0 Å². The molecule has 1 aromatic heterocycles. The van der Waals surface area contributed by atoms with E-state index in [1.54, 1.807) is 12.3 Å². The van der Waals surface area contributed by atoms with Crippen LogP contribution in [-0.4, -0.2) is 16.9 Å². The molecule has 0 aliphatic heterocycles. The summed E-state index contributed by atoms with van der Waals surface area (Å²) in [5.41, 5.74) is 1.39. The van der Waals surface area contributed by atoms with Crippen molar-refractivity contribution in [1.82, 2.24) is 4.98 Å². The highest BCUT2D eigenvalue weighted by molar-refractivity contribution is 5.97. The highest BCUT2D eigenvalue weighted by Crippen LogP contribution is 2.40. The van der Waals surface area contributed by atoms with Crippen LogP contribution in [0.2, 0.25) is 0 Å². The second-order valence-electron chi connectivity index (χ2n) is 5.21. The van der Waals surface area contributed by atoms with Crippen molar-refractivity contribution in [1.29, 1.82) is 0 Å². The minimum atomic E-state index is -4.13. The van der Waals surface area contributed by atoms with Gasteiger partial charge in [0.05, 0.1) is 5.92 Å². The molecule has 0 N–H and O–H groups in total. The number of hydrogen-bond donors (Lipinski definition) is 0. The zero-order valence-electron chi connectivity index (χ0n) is 10.7. The lowest BCUT2D eigenvalue weighted by atomic mass is 9.78. The SMILES string of the molecule is Cc1cncc(C(=O)C2CCC(C(F)(F)F)CC2)c1. The molecule has 1 aliphatic rings. The van der Waals surface area contributed by atoms with Crippen molar-refractivity contribution in [2.24, 2.45) is 11.8 Å². The summed E-state index contributed by atoms with van der Waals surface area (Å²) in [6.07, 6.45) is -0.242. The number of aryl methyl sites for hydroxylation is 1. The molecule has 1 saturated carbocycles.